The summed E-state index contributed by atoms with van der Waals surface area (Å²) in [6.45, 7) is 2.10. The van der Waals surface area contributed by atoms with E-state index in [9.17, 15) is 8.78 Å². The van der Waals surface area contributed by atoms with Crippen LogP contribution in [0.1, 0.15) is 76.2 Å². The molecule has 0 radical (unpaired) electrons. The molecule has 3 heteroatoms. The van der Waals surface area contributed by atoms with Crippen LogP contribution < -0.4 is 4.74 Å². The average Bonchev–Trinajstić information content (AvgIpc) is 2.62. The van der Waals surface area contributed by atoms with Gasteiger partial charge in [0.2, 0.25) is 0 Å². The van der Waals surface area contributed by atoms with Crippen molar-refractivity contribution in [1.82, 2.24) is 0 Å². The molecule has 2 aliphatic rings. The monoisotopic (exact) mass is 350 g/mol. The maximum absolute atomic E-state index is 14.7. The van der Waals surface area contributed by atoms with Gasteiger partial charge in [0.05, 0.1) is 7.11 Å². The van der Waals surface area contributed by atoms with Gasteiger partial charge in [-0.25, -0.2) is 8.78 Å². The normalized spacial score (nSPS) is 32.3. The Hall–Kier alpha value is -1.12. The van der Waals surface area contributed by atoms with Crippen LogP contribution in [0.15, 0.2) is 24.3 Å². The van der Waals surface area contributed by atoms with E-state index in [0.717, 1.165) is 57.1 Å². The van der Waals surface area contributed by atoms with E-state index in [0.29, 0.717) is 5.92 Å². The van der Waals surface area contributed by atoms with E-state index in [2.05, 4.69) is 19.1 Å². The van der Waals surface area contributed by atoms with Crippen molar-refractivity contribution < 1.29 is 13.5 Å². The Morgan fingerprint density at radius 3 is 2.24 bits per heavy atom. The highest BCUT2D eigenvalue weighted by Gasteiger charge is 2.48. The van der Waals surface area contributed by atoms with Gasteiger partial charge in [-0.2, -0.15) is 0 Å². The Kier molecular flexibility index (Phi) is 6.01. The molecule has 2 aliphatic carbocycles. The molecule has 3 rings (SSSR count). The lowest BCUT2D eigenvalue weighted by atomic mass is 9.66. The third-order valence-electron chi connectivity index (χ3n) is 6.61. The van der Waals surface area contributed by atoms with Crippen molar-refractivity contribution in [3.63, 3.8) is 0 Å². The lowest BCUT2D eigenvalue weighted by Crippen LogP contribution is -2.41. The predicted molar refractivity (Wildman–Crippen MR) is 98.4 cm³/mol. The Morgan fingerprint density at radius 1 is 1.00 bits per heavy atom. The first kappa shape index (κ1) is 18.7. The summed E-state index contributed by atoms with van der Waals surface area (Å²) in [5, 5.41) is 0. The summed E-state index contributed by atoms with van der Waals surface area (Å²) in [6.07, 6.45) is 7.85. The number of hydrogen-bond donors (Lipinski definition) is 0. The van der Waals surface area contributed by atoms with E-state index in [1.165, 1.54) is 5.56 Å². The van der Waals surface area contributed by atoms with Crippen LogP contribution in [-0.2, 0) is 0 Å². The van der Waals surface area contributed by atoms with Crippen LogP contribution in [0.2, 0.25) is 0 Å². The van der Waals surface area contributed by atoms with Crippen LogP contribution >= 0.6 is 0 Å². The van der Waals surface area contributed by atoms with Crippen LogP contribution in [0.25, 0.3) is 0 Å². The van der Waals surface area contributed by atoms with Gasteiger partial charge in [-0.1, -0.05) is 31.9 Å². The number of methoxy groups -OCH3 is 1. The predicted octanol–water partition coefficient (Wildman–Crippen LogP) is 6.82. The molecule has 140 valence electrons. The minimum Gasteiger partial charge on any atom is -0.497 e. The van der Waals surface area contributed by atoms with Crippen LogP contribution in [-0.4, -0.2) is 13.0 Å². The van der Waals surface area contributed by atoms with Gasteiger partial charge >= 0.3 is 0 Å². The average molecular weight is 350 g/mol. The van der Waals surface area contributed by atoms with Crippen LogP contribution in [0.5, 0.6) is 5.75 Å². The van der Waals surface area contributed by atoms with E-state index in [1.54, 1.807) is 7.11 Å². The zero-order valence-corrected chi connectivity index (χ0v) is 15.6. The van der Waals surface area contributed by atoms with Gasteiger partial charge in [0, 0.05) is 12.3 Å². The highest BCUT2D eigenvalue weighted by molar-refractivity contribution is 5.29. The molecule has 0 saturated heterocycles. The molecular weight excluding hydrogens is 318 g/mol. The van der Waals surface area contributed by atoms with Gasteiger partial charge in [0.25, 0.3) is 5.92 Å². The lowest BCUT2D eigenvalue weighted by Gasteiger charge is -2.42. The molecule has 1 aromatic carbocycles. The van der Waals surface area contributed by atoms with E-state index < -0.39 is 5.92 Å². The summed E-state index contributed by atoms with van der Waals surface area (Å²) in [6, 6.07) is 8.28. The molecule has 0 amide bonds. The van der Waals surface area contributed by atoms with Crippen molar-refractivity contribution in [2.45, 2.75) is 76.6 Å². The first-order valence-electron chi connectivity index (χ1n) is 10.0. The molecule has 2 saturated carbocycles. The SMILES string of the molecule is CCC[C@@H]1CC[C@@H]([C@H]2CC[C@H](c3ccc(OC)cc3)CC2)C(F)(F)C1. The molecule has 2 atom stereocenters. The molecule has 0 unspecified atom stereocenters. The van der Waals surface area contributed by atoms with Crippen molar-refractivity contribution in [3.05, 3.63) is 29.8 Å². The number of ether oxygens (including phenoxy) is 1. The fraction of sp³-hybridized carbons (Fsp3) is 0.727. The van der Waals surface area contributed by atoms with Crippen molar-refractivity contribution in [1.29, 1.82) is 0 Å². The summed E-state index contributed by atoms with van der Waals surface area (Å²) in [5.41, 5.74) is 1.33. The molecule has 0 aromatic heterocycles. The lowest BCUT2D eigenvalue weighted by molar-refractivity contribution is -0.127. The second-order valence-electron chi connectivity index (χ2n) is 8.19. The molecule has 0 bridgehead atoms. The maximum Gasteiger partial charge on any atom is 0.251 e. The smallest absolute Gasteiger partial charge is 0.251 e. The first-order valence-corrected chi connectivity index (χ1v) is 10.0. The quantitative estimate of drug-likeness (QED) is 0.566. The highest BCUT2D eigenvalue weighted by atomic mass is 19.3. The van der Waals surface area contributed by atoms with Crippen molar-refractivity contribution in [2.24, 2.45) is 17.8 Å². The minimum atomic E-state index is -2.45. The Morgan fingerprint density at radius 2 is 1.68 bits per heavy atom. The van der Waals surface area contributed by atoms with E-state index in [1.807, 2.05) is 12.1 Å². The number of halogens is 2. The minimum absolute atomic E-state index is 0.129. The molecule has 0 aliphatic heterocycles. The third-order valence-corrected chi connectivity index (χ3v) is 6.61. The van der Waals surface area contributed by atoms with Gasteiger partial charge in [0.15, 0.2) is 0 Å². The van der Waals surface area contributed by atoms with Crippen LogP contribution in [0, 0.1) is 17.8 Å². The molecular formula is C22H32F2O. The second kappa shape index (κ2) is 8.05. The number of hydrogen-bond acceptors (Lipinski definition) is 1. The van der Waals surface area contributed by atoms with Crippen molar-refractivity contribution in [2.75, 3.05) is 7.11 Å². The van der Waals surface area contributed by atoms with Crippen molar-refractivity contribution >= 4 is 0 Å². The maximum atomic E-state index is 14.7. The number of benzene rings is 1. The molecule has 25 heavy (non-hydrogen) atoms. The Bertz CT molecular complexity index is 531. The summed E-state index contributed by atoms with van der Waals surface area (Å²) in [7, 11) is 1.68. The summed E-state index contributed by atoms with van der Waals surface area (Å²) in [5.74, 6) is -0.972. The van der Waals surface area contributed by atoms with Gasteiger partial charge in [0.1, 0.15) is 5.75 Å². The van der Waals surface area contributed by atoms with E-state index in [-0.39, 0.29) is 24.2 Å². The topological polar surface area (TPSA) is 9.23 Å². The Labute approximate surface area is 151 Å². The standard InChI is InChI=1S/C22H32F2O/c1-3-4-16-5-14-21(22(23,24)15-16)19-8-6-17(7-9-19)18-10-12-20(25-2)13-11-18/h10-13,16-17,19,21H,3-9,14-15H2,1-2H3/t16-,17-,19-,21+/m1/s1. The molecule has 0 N–H and O–H groups in total. The number of rotatable bonds is 5. The first-order chi connectivity index (χ1) is 12.0. The second-order valence-corrected chi connectivity index (χ2v) is 8.19. The van der Waals surface area contributed by atoms with E-state index >= 15 is 0 Å². The fourth-order valence-electron chi connectivity index (χ4n) is 5.23. The number of alkyl halides is 2. The van der Waals surface area contributed by atoms with Gasteiger partial charge in [-0.05, 0) is 74.0 Å². The zero-order chi connectivity index (χ0) is 17.9. The molecule has 0 spiro atoms. The largest absolute Gasteiger partial charge is 0.497 e. The summed E-state index contributed by atoms with van der Waals surface area (Å²) < 4.78 is 34.7. The van der Waals surface area contributed by atoms with Gasteiger partial charge < -0.3 is 4.74 Å². The summed E-state index contributed by atoms with van der Waals surface area (Å²) >= 11 is 0. The Balaban J connectivity index is 1.56. The van der Waals surface area contributed by atoms with Crippen molar-refractivity contribution in [3.8, 4) is 5.75 Å². The highest BCUT2D eigenvalue weighted by Crippen LogP contribution is 2.50. The molecule has 1 aromatic rings. The zero-order valence-electron chi connectivity index (χ0n) is 15.6. The van der Waals surface area contributed by atoms with E-state index in [4.69, 9.17) is 4.74 Å². The van der Waals surface area contributed by atoms with Crippen LogP contribution in [0.3, 0.4) is 0 Å². The van der Waals surface area contributed by atoms with Crippen LogP contribution in [0.4, 0.5) is 8.78 Å². The molecule has 0 heterocycles. The molecule has 1 nitrogen and oxygen atoms in total. The summed E-state index contributed by atoms with van der Waals surface area (Å²) in [4.78, 5) is 0. The van der Waals surface area contributed by atoms with Gasteiger partial charge in [-0.15, -0.1) is 0 Å². The van der Waals surface area contributed by atoms with Gasteiger partial charge in [-0.3, -0.25) is 0 Å². The third kappa shape index (κ3) is 4.35. The fourth-order valence-corrected chi connectivity index (χ4v) is 5.23. The molecule has 2 fully saturated rings.